The molecule has 4 heterocycles. The molecule has 7 nitrogen and oxygen atoms in total. The zero-order valence-corrected chi connectivity index (χ0v) is 14.9. The van der Waals surface area contributed by atoms with Crippen LogP contribution in [0.15, 0.2) is 65.8 Å². The Bertz CT molecular complexity index is 1360. The van der Waals surface area contributed by atoms with Gasteiger partial charge in [-0.3, -0.25) is 4.57 Å². The van der Waals surface area contributed by atoms with Gasteiger partial charge in [-0.15, -0.1) is 0 Å². The zero-order valence-electron chi connectivity index (χ0n) is 14.9. The first-order valence-electron chi connectivity index (χ1n) is 8.57. The summed E-state index contributed by atoms with van der Waals surface area (Å²) in [5, 5.41) is 5.39. The van der Waals surface area contributed by atoms with Gasteiger partial charge in [0.25, 0.3) is 0 Å². The molecule has 1 aromatic carbocycles. The van der Waals surface area contributed by atoms with Crippen LogP contribution in [0.3, 0.4) is 0 Å². The molecule has 0 unspecified atom stereocenters. The molecule has 0 aliphatic carbocycles. The Morgan fingerprint density at radius 2 is 1.85 bits per heavy atom. The van der Waals surface area contributed by atoms with Crippen molar-refractivity contribution >= 4 is 22.1 Å². The maximum Gasteiger partial charge on any atom is 0.334 e. The molecule has 0 atom stereocenters. The first-order valence-corrected chi connectivity index (χ1v) is 8.57. The van der Waals surface area contributed by atoms with E-state index in [4.69, 9.17) is 0 Å². The number of hydrogen-bond acceptors (Lipinski definition) is 4. The van der Waals surface area contributed by atoms with Gasteiger partial charge in [0.05, 0.1) is 22.9 Å². The second-order valence-electron chi connectivity index (χ2n) is 6.52. The summed E-state index contributed by atoms with van der Waals surface area (Å²) in [6.07, 6.45) is 5.29. The van der Waals surface area contributed by atoms with Gasteiger partial charge >= 0.3 is 5.69 Å². The van der Waals surface area contributed by atoms with E-state index >= 15 is 0 Å². The number of hydrogen-bond donors (Lipinski definition) is 0. The van der Waals surface area contributed by atoms with Crippen LogP contribution in [0.1, 0.15) is 5.56 Å². The molecule has 5 rings (SSSR count). The molecule has 0 spiro atoms. The lowest BCUT2D eigenvalue weighted by molar-refractivity contribution is 0.845. The topological polar surface area (TPSA) is 70.5 Å². The van der Waals surface area contributed by atoms with E-state index in [1.54, 1.807) is 33.3 Å². The molecule has 4 aromatic heterocycles. The lowest BCUT2D eigenvalue weighted by Crippen LogP contribution is -2.20. The molecule has 0 saturated carbocycles. The first-order chi connectivity index (χ1) is 13.1. The maximum atomic E-state index is 12.7. The second kappa shape index (κ2) is 5.63. The second-order valence-corrected chi connectivity index (χ2v) is 6.52. The van der Waals surface area contributed by atoms with Crippen LogP contribution in [-0.4, -0.2) is 28.9 Å². The molecule has 0 amide bonds. The van der Waals surface area contributed by atoms with Gasteiger partial charge in [-0.2, -0.15) is 5.10 Å². The Balaban J connectivity index is 1.70. The highest BCUT2D eigenvalue weighted by Gasteiger charge is 2.14. The van der Waals surface area contributed by atoms with Gasteiger partial charge in [0.1, 0.15) is 0 Å². The van der Waals surface area contributed by atoms with Gasteiger partial charge in [-0.05, 0) is 48.9 Å². The minimum Gasteiger partial charge on any atom is -0.293 e. The smallest absolute Gasteiger partial charge is 0.293 e. The fourth-order valence-electron chi connectivity index (χ4n) is 3.33. The van der Waals surface area contributed by atoms with Gasteiger partial charge in [0.15, 0.2) is 11.5 Å². The average Bonchev–Trinajstić information content (AvgIpc) is 3.22. The van der Waals surface area contributed by atoms with Crippen molar-refractivity contribution in [3.63, 3.8) is 0 Å². The number of benzene rings is 1. The predicted octanol–water partition coefficient (Wildman–Crippen LogP) is 2.77. The molecule has 0 radical (unpaired) electrons. The van der Waals surface area contributed by atoms with Crippen molar-refractivity contribution in [2.75, 3.05) is 0 Å². The molecule has 0 saturated heterocycles. The Morgan fingerprint density at radius 1 is 0.963 bits per heavy atom. The number of pyridine rings is 2. The lowest BCUT2D eigenvalue weighted by Gasteiger charge is -2.05. The summed E-state index contributed by atoms with van der Waals surface area (Å²) in [6, 6.07) is 13.5. The van der Waals surface area contributed by atoms with E-state index in [9.17, 15) is 4.79 Å². The number of imidazole rings is 1. The quantitative estimate of drug-likeness (QED) is 0.488. The van der Waals surface area contributed by atoms with Gasteiger partial charge in [-0.25, -0.2) is 24.0 Å². The monoisotopic (exact) mass is 356 g/mol. The zero-order chi connectivity index (χ0) is 18.5. The summed E-state index contributed by atoms with van der Waals surface area (Å²) < 4.78 is 5.02. The highest BCUT2D eigenvalue weighted by atomic mass is 16.1. The maximum absolute atomic E-state index is 12.7. The van der Waals surface area contributed by atoms with E-state index in [1.165, 1.54) is 0 Å². The molecule has 132 valence electrons. The fraction of sp³-hybridized carbons (Fsp3) is 0.100. The summed E-state index contributed by atoms with van der Waals surface area (Å²) in [6.45, 7) is 2.00. The van der Waals surface area contributed by atoms with E-state index in [0.29, 0.717) is 5.65 Å². The van der Waals surface area contributed by atoms with Crippen LogP contribution < -0.4 is 5.69 Å². The molecule has 7 heteroatoms. The summed E-state index contributed by atoms with van der Waals surface area (Å²) in [4.78, 5) is 21.6. The summed E-state index contributed by atoms with van der Waals surface area (Å²) in [7, 11) is 1.75. The number of fused-ring (bicyclic) bond motifs is 2. The summed E-state index contributed by atoms with van der Waals surface area (Å²) in [5.41, 5.74) is 4.08. The number of aromatic nitrogens is 6. The van der Waals surface area contributed by atoms with E-state index in [-0.39, 0.29) is 5.69 Å². The van der Waals surface area contributed by atoms with E-state index in [2.05, 4.69) is 15.1 Å². The van der Waals surface area contributed by atoms with Crippen LogP contribution in [-0.2, 0) is 7.05 Å². The Kier molecular flexibility index (Phi) is 3.24. The number of rotatable bonds is 2. The first kappa shape index (κ1) is 15.5. The Morgan fingerprint density at radius 3 is 2.67 bits per heavy atom. The highest BCUT2D eigenvalue weighted by Crippen LogP contribution is 2.22. The minimum absolute atomic E-state index is 0.129. The molecule has 27 heavy (non-hydrogen) atoms. The van der Waals surface area contributed by atoms with E-state index in [1.807, 2.05) is 55.6 Å². The van der Waals surface area contributed by atoms with Crippen LogP contribution in [0.25, 0.3) is 33.6 Å². The normalized spacial score (nSPS) is 11.5. The SMILES string of the molecule is Cc1ccc(-n2ncc3cc(-n4c(=O)n(C)c5cccnc54)ccc32)nc1. The summed E-state index contributed by atoms with van der Waals surface area (Å²) in [5.74, 6) is 0.757. The van der Waals surface area contributed by atoms with Crippen molar-refractivity contribution < 1.29 is 0 Å². The van der Waals surface area contributed by atoms with Crippen molar-refractivity contribution in [1.82, 2.24) is 28.9 Å². The van der Waals surface area contributed by atoms with Crippen LogP contribution in [0.5, 0.6) is 0 Å². The van der Waals surface area contributed by atoms with Gasteiger partial charge in [-0.1, -0.05) is 6.07 Å². The van der Waals surface area contributed by atoms with E-state index in [0.717, 1.165) is 33.5 Å². The molecule has 0 bridgehead atoms. The van der Waals surface area contributed by atoms with Crippen LogP contribution in [0.4, 0.5) is 0 Å². The van der Waals surface area contributed by atoms with Crippen molar-refractivity contribution in [3.8, 4) is 11.5 Å². The van der Waals surface area contributed by atoms with Gasteiger partial charge < -0.3 is 0 Å². The van der Waals surface area contributed by atoms with Gasteiger partial charge in [0.2, 0.25) is 0 Å². The third-order valence-corrected chi connectivity index (χ3v) is 4.74. The van der Waals surface area contributed by atoms with Crippen molar-refractivity contribution in [2.45, 2.75) is 6.92 Å². The summed E-state index contributed by atoms with van der Waals surface area (Å²) >= 11 is 0. The molecule has 0 fully saturated rings. The average molecular weight is 356 g/mol. The standard InChI is InChI=1S/C20H16N6O/c1-13-5-8-18(22-11-13)26-16-7-6-15(10-14(16)12-23-26)25-19-17(4-3-9-21-19)24(2)20(25)27/h3-12H,1-2H3. The molecular formula is C20H16N6O. The fourth-order valence-corrected chi connectivity index (χ4v) is 3.33. The number of nitrogens with zero attached hydrogens (tertiary/aromatic N) is 6. The van der Waals surface area contributed by atoms with Crippen molar-refractivity contribution in [2.24, 2.45) is 7.05 Å². The Labute approximate surface area is 154 Å². The lowest BCUT2D eigenvalue weighted by atomic mass is 10.2. The number of aryl methyl sites for hydroxylation is 2. The van der Waals surface area contributed by atoms with E-state index < -0.39 is 0 Å². The molecule has 0 aliphatic rings. The van der Waals surface area contributed by atoms with Crippen LogP contribution in [0.2, 0.25) is 0 Å². The van der Waals surface area contributed by atoms with Gasteiger partial charge in [0, 0.05) is 24.8 Å². The third kappa shape index (κ3) is 2.28. The molecule has 0 aliphatic heterocycles. The predicted molar refractivity (Wildman–Crippen MR) is 103 cm³/mol. The Hall–Kier alpha value is -3.74. The molecule has 5 aromatic rings. The van der Waals surface area contributed by atoms with Crippen LogP contribution >= 0.6 is 0 Å². The molecule has 0 N–H and O–H groups in total. The minimum atomic E-state index is -0.129. The third-order valence-electron chi connectivity index (χ3n) is 4.74. The van der Waals surface area contributed by atoms with Crippen molar-refractivity contribution in [1.29, 1.82) is 0 Å². The highest BCUT2D eigenvalue weighted by molar-refractivity contribution is 5.83. The van der Waals surface area contributed by atoms with Crippen LogP contribution in [0, 0.1) is 6.92 Å². The largest absolute Gasteiger partial charge is 0.334 e. The van der Waals surface area contributed by atoms with Crippen molar-refractivity contribution in [3.05, 3.63) is 77.1 Å². The molecular weight excluding hydrogens is 340 g/mol.